The van der Waals surface area contributed by atoms with Gasteiger partial charge in [-0.25, -0.2) is 0 Å². The van der Waals surface area contributed by atoms with Gasteiger partial charge in [-0.15, -0.1) is 0 Å². The average Bonchev–Trinajstić information content (AvgIpc) is 1.91. The molecule has 0 saturated heterocycles. The molecule has 0 aromatic rings. The Hall–Kier alpha value is 1.10. The SMILES string of the molecule is [CH2-]CCC.[CH2-]CCCC.[Y]. The molecule has 61 valence electrons. The molecule has 0 spiro atoms. The molecule has 1 heteroatoms. The molecule has 0 atom stereocenters. The summed E-state index contributed by atoms with van der Waals surface area (Å²) in [4.78, 5) is 0. The fourth-order valence-electron chi connectivity index (χ4n) is 0.250. The average molecular weight is 217 g/mol. The van der Waals surface area contributed by atoms with Crippen LogP contribution in [0.3, 0.4) is 0 Å². The topological polar surface area (TPSA) is 0 Å². The van der Waals surface area contributed by atoms with Gasteiger partial charge in [0.1, 0.15) is 0 Å². The van der Waals surface area contributed by atoms with Crippen molar-refractivity contribution in [3.05, 3.63) is 13.8 Å². The second kappa shape index (κ2) is 22.5. The van der Waals surface area contributed by atoms with Gasteiger partial charge in [0.15, 0.2) is 0 Å². The minimum atomic E-state index is 0. The number of unbranched alkanes of at least 4 members (excludes halogenated alkanes) is 3. The van der Waals surface area contributed by atoms with E-state index in [9.17, 15) is 0 Å². The van der Waals surface area contributed by atoms with Gasteiger partial charge in [0, 0.05) is 32.7 Å². The zero-order chi connectivity index (χ0) is 7.54. The van der Waals surface area contributed by atoms with Crippen LogP contribution in [0.15, 0.2) is 0 Å². The van der Waals surface area contributed by atoms with Crippen molar-refractivity contribution >= 4 is 0 Å². The predicted octanol–water partition coefficient (Wildman–Crippen LogP) is 3.63. The maximum atomic E-state index is 3.68. The zero-order valence-electron chi connectivity index (χ0n) is 7.53. The minimum absolute atomic E-state index is 0. The molecule has 0 aliphatic rings. The first-order valence-corrected chi connectivity index (χ1v) is 3.91. The van der Waals surface area contributed by atoms with Crippen molar-refractivity contribution in [3.63, 3.8) is 0 Å². The van der Waals surface area contributed by atoms with E-state index >= 15 is 0 Å². The molecule has 0 aromatic heterocycles. The van der Waals surface area contributed by atoms with Gasteiger partial charge in [0.25, 0.3) is 0 Å². The Morgan fingerprint density at radius 3 is 1.30 bits per heavy atom. The molecule has 0 aliphatic heterocycles. The third-order valence-electron chi connectivity index (χ3n) is 0.957. The van der Waals surface area contributed by atoms with Crippen LogP contribution in [-0.2, 0) is 32.7 Å². The van der Waals surface area contributed by atoms with E-state index in [-0.39, 0.29) is 32.7 Å². The Morgan fingerprint density at radius 1 is 0.900 bits per heavy atom. The van der Waals surface area contributed by atoms with E-state index in [0.29, 0.717) is 0 Å². The molecule has 0 rings (SSSR count). The van der Waals surface area contributed by atoms with E-state index in [1.54, 1.807) is 0 Å². The molecule has 0 bridgehead atoms. The van der Waals surface area contributed by atoms with E-state index in [4.69, 9.17) is 0 Å². The van der Waals surface area contributed by atoms with E-state index in [1.807, 2.05) is 0 Å². The summed E-state index contributed by atoms with van der Waals surface area (Å²) in [5.74, 6) is 0. The quantitative estimate of drug-likeness (QED) is 0.633. The standard InChI is InChI=1S/C5H11.C4H9.Y/c1-3-5-4-2;1-3-4-2;/h1,3-5H2,2H3;1,3-4H2,2H3;/q2*-1;. The summed E-state index contributed by atoms with van der Waals surface area (Å²) in [5.41, 5.74) is 0. The van der Waals surface area contributed by atoms with Gasteiger partial charge in [0.2, 0.25) is 0 Å². The van der Waals surface area contributed by atoms with Crippen LogP contribution in [-0.4, -0.2) is 0 Å². The van der Waals surface area contributed by atoms with Crippen LogP contribution in [0.5, 0.6) is 0 Å². The van der Waals surface area contributed by atoms with Crippen LogP contribution in [0.4, 0.5) is 0 Å². The summed E-state index contributed by atoms with van der Waals surface area (Å²) in [5, 5.41) is 0. The van der Waals surface area contributed by atoms with Crippen LogP contribution < -0.4 is 0 Å². The monoisotopic (exact) mass is 217 g/mol. The Morgan fingerprint density at radius 2 is 1.30 bits per heavy atom. The van der Waals surface area contributed by atoms with Crippen molar-refractivity contribution in [2.45, 2.75) is 46.0 Å². The molecule has 0 saturated carbocycles. The first-order valence-electron chi connectivity index (χ1n) is 3.91. The summed E-state index contributed by atoms with van der Waals surface area (Å²) in [6, 6.07) is 0. The van der Waals surface area contributed by atoms with Crippen LogP contribution in [0.1, 0.15) is 46.0 Å². The molecule has 0 heterocycles. The van der Waals surface area contributed by atoms with Gasteiger partial charge >= 0.3 is 0 Å². The maximum Gasteiger partial charge on any atom is 0 e. The third kappa shape index (κ3) is 35.5. The summed E-state index contributed by atoms with van der Waals surface area (Å²) < 4.78 is 0. The van der Waals surface area contributed by atoms with Gasteiger partial charge in [0.05, 0.1) is 0 Å². The maximum absolute atomic E-state index is 3.68. The molecule has 0 N–H and O–H groups in total. The molecular weight excluding hydrogens is 197 g/mol. The molecular formula is C9H20Y-2. The van der Waals surface area contributed by atoms with Crippen LogP contribution >= 0.6 is 0 Å². The minimum Gasteiger partial charge on any atom is -0.343 e. The number of hydrogen-bond donors (Lipinski definition) is 0. The fraction of sp³-hybridized carbons (Fsp3) is 0.778. The van der Waals surface area contributed by atoms with E-state index < -0.39 is 0 Å². The summed E-state index contributed by atoms with van der Waals surface area (Å²) in [7, 11) is 0. The van der Waals surface area contributed by atoms with Gasteiger partial charge in [-0.3, -0.25) is 0 Å². The summed E-state index contributed by atoms with van der Waals surface area (Å²) >= 11 is 0. The van der Waals surface area contributed by atoms with Crippen molar-refractivity contribution in [2.75, 3.05) is 0 Å². The molecule has 0 aromatic carbocycles. The van der Waals surface area contributed by atoms with Crippen molar-refractivity contribution in [1.29, 1.82) is 0 Å². The Labute approximate surface area is 92.0 Å². The normalized spacial score (nSPS) is 7.20. The summed E-state index contributed by atoms with van der Waals surface area (Å²) in [6.07, 6.45) is 5.93. The van der Waals surface area contributed by atoms with E-state index in [0.717, 1.165) is 12.8 Å². The molecule has 0 amide bonds. The van der Waals surface area contributed by atoms with Crippen LogP contribution in [0, 0.1) is 13.8 Å². The van der Waals surface area contributed by atoms with Crippen molar-refractivity contribution in [2.24, 2.45) is 0 Å². The zero-order valence-corrected chi connectivity index (χ0v) is 10.4. The largest absolute Gasteiger partial charge is 0.343 e. The molecule has 10 heavy (non-hydrogen) atoms. The number of hydrogen-bond acceptors (Lipinski definition) is 0. The van der Waals surface area contributed by atoms with Gasteiger partial charge in [-0.1, -0.05) is 33.1 Å². The molecule has 0 unspecified atom stereocenters. The molecule has 0 nitrogen and oxygen atoms in total. The molecule has 1 radical (unpaired) electrons. The van der Waals surface area contributed by atoms with Gasteiger partial charge < -0.3 is 13.8 Å². The fourth-order valence-corrected chi connectivity index (χ4v) is 0.250. The van der Waals surface area contributed by atoms with Gasteiger partial charge in [-0.05, 0) is 0 Å². The third-order valence-corrected chi connectivity index (χ3v) is 0.957. The Kier molecular flexibility index (Phi) is 38.8. The van der Waals surface area contributed by atoms with Crippen molar-refractivity contribution < 1.29 is 32.7 Å². The summed E-state index contributed by atoms with van der Waals surface area (Å²) in [6.45, 7) is 11.6. The molecule has 0 fully saturated rings. The molecule has 0 aliphatic carbocycles. The second-order valence-corrected chi connectivity index (χ2v) is 2.06. The van der Waals surface area contributed by atoms with Crippen molar-refractivity contribution in [1.82, 2.24) is 0 Å². The number of rotatable bonds is 3. The smallest absolute Gasteiger partial charge is 0 e. The van der Waals surface area contributed by atoms with Gasteiger partial charge in [-0.2, -0.15) is 12.8 Å². The first-order chi connectivity index (χ1) is 4.33. The van der Waals surface area contributed by atoms with E-state index in [2.05, 4.69) is 27.7 Å². The van der Waals surface area contributed by atoms with E-state index in [1.165, 1.54) is 19.3 Å². The van der Waals surface area contributed by atoms with Crippen LogP contribution in [0.2, 0.25) is 0 Å². The van der Waals surface area contributed by atoms with Crippen molar-refractivity contribution in [3.8, 4) is 0 Å². The second-order valence-electron chi connectivity index (χ2n) is 2.06. The predicted molar refractivity (Wildman–Crippen MR) is 45.1 cm³/mol. The Balaban J connectivity index is -0.0000000910. The Bertz CT molecular complexity index is 23.9. The first kappa shape index (κ1) is 17.3. The van der Waals surface area contributed by atoms with Crippen LogP contribution in [0.25, 0.3) is 0 Å².